The Labute approximate surface area is 171 Å². The van der Waals surface area contributed by atoms with Crippen LogP contribution in [-0.4, -0.2) is 43.3 Å². The minimum absolute atomic E-state index is 0.496. The molecule has 1 saturated heterocycles. The number of benzene rings is 1. The number of thiophene rings is 1. The van der Waals surface area contributed by atoms with Crippen molar-refractivity contribution < 1.29 is 0 Å². The predicted octanol–water partition coefficient (Wildman–Crippen LogP) is 3.93. The zero-order valence-corrected chi connectivity index (χ0v) is 17.3. The molecule has 0 atom stereocenters. The van der Waals surface area contributed by atoms with Crippen molar-refractivity contribution in [3.8, 4) is 0 Å². The highest BCUT2D eigenvalue weighted by Crippen LogP contribution is 2.24. The Bertz CT molecular complexity index is 891. The topological polar surface area (TPSA) is 44.6 Å². The number of aromatic nitrogens is 1. The third kappa shape index (κ3) is 4.50. The van der Waals surface area contributed by atoms with E-state index in [-0.39, 0.29) is 0 Å². The van der Waals surface area contributed by atoms with E-state index in [1.165, 1.54) is 15.9 Å². The van der Waals surface area contributed by atoms with Crippen molar-refractivity contribution in [3.05, 3.63) is 54.0 Å². The molecule has 1 aliphatic heterocycles. The number of para-hydroxylation sites is 1. The third-order valence-corrected chi connectivity index (χ3v) is 6.35. The van der Waals surface area contributed by atoms with E-state index in [4.69, 9.17) is 0 Å². The van der Waals surface area contributed by atoms with E-state index in [9.17, 15) is 0 Å². The molecule has 0 bridgehead atoms. The molecular weight excluding hydrogens is 366 g/mol. The van der Waals surface area contributed by atoms with Gasteiger partial charge in [0.25, 0.3) is 0 Å². The minimum Gasteiger partial charge on any atom is -0.363 e. The minimum atomic E-state index is 0.496. The Morgan fingerprint density at radius 1 is 1.14 bits per heavy atom. The van der Waals surface area contributed by atoms with Gasteiger partial charge in [-0.25, -0.2) is 0 Å². The number of hydrogen-bond acceptors (Lipinski definition) is 3. The van der Waals surface area contributed by atoms with Gasteiger partial charge in [0.1, 0.15) is 0 Å². The van der Waals surface area contributed by atoms with Crippen molar-refractivity contribution >= 4 is 33.2 Å². The number of aryl methyl sites for hydroxylation is 1. The summed E-state index contributed by atoms with van der Waals surface area (Å²) in [7, 11) is 1.86. The molecule has 2 N–H and O–H groups in total. The van der Waals surface area contributed by atoms with Crippen LogP contribution in [-0.2, 0) is 6.54 Å². The van der Waals surface area contributed by atoms with Gasteiger partial charge in [0.05, 0.1) is 5.00 Å². The molecule has 2 aromatic heterocycles. The quantitative estimate of drug-likeness (QED) is 0.378. The van der Waals surface area contributed by atoms with Gasteiger partial charge in [-0.15, -0.1) is 11.3 Å². The van der Waals surface area contributed by atoms with Gasteiger partial charge in [-0.3, -0.25) is 4.99 Å². The van der Waals surface area contributed by atoms with Crippen LogP contribution in [0.5, 0.6) is 0 Å². The number of piperidine rings is 1. The molecule has 0 spiro atoms. The lowest BCUT2D eigenvalue weighted by molar-refractivity contribution is 0.462. The summed E-state index contributed by atoms with van der Waals surface area (Å²) < 4.78 is 2.33. The second-order valence-corrected chi connectivity index (χ2v) is 8.20. The molecular formula is C22H29N5S. The van der Waals surface area contributed by atoms with E-state index in [0.29, 0.717) is 6.04 Å². The highest BCUT2D eigenvalue weighted by molar-refractivity contribution is 7.14. The summed E-state index contributed by atoms with van der Waals surface area (Å²) in [6.45, 7) is 4.14. The summed E-state index contributed by atoms with van der Waals surface area (Å²) in [6, 6.07) is 15.6. The van der Waals surface area contributed by atoms with Crippen LogP contribution in [0.15, 0.2) is 59.0 Å². The predicted molar refractivity (Wildman–Crippen MR) is 121 cm³/mol. The molecule has 0 amide bonds. The average Bonchev–Trinajstić information content (AvgIpc) is 3.41. The van der Waals surface area contributed by atoms with Gasteiger partial charge in [-0.1, -0.05) is 18.2 Å². The smallest absolute Gasteiger partial charge is 0.191 e. The number of nitrogens with zero attached hydrogens (tertiary/aromatic N) is 3. The SMILES string of the molecule is CN=C(NCCCn1ccc2ccccc21)NC1CCN(c2cccs2)CC1. The van der Waals surface area contributed by atoms with Gasteiger partial charge < -0.3 is 20.1 Å². The molecule has 0 unspecified atom stereocenters. The maximum Gasteiger partial charge on any atom is 0.191 e. The molecule has 4 rings (SSSR count). The molecule has 0 radical (unpaired) electrons. The van der Waals surface area contributed by atoms with E-state index in [1.54, 1.807) is 0 Å². The van der Waals surface area contributed by atoms with Gasteiger partial charge in [-0.2, -0.15) is 0 Å². The third-order valence-electron chi connectivity index (χ3n) is 5.43. The Morgan fingerprint density at radius 2 is 2.00 bits per heavy atom. The van der Waals surface area contributed by atoms with Gasteiger partial charge in [0, 0.05) is 51.0 Å². The van der Waals surface area contributed by atoms with Crippen molar-refractivity contribution in [1.29, 1.82) is 0 Å². The molecule has 6 heteroatoms. The summed E-state index contributed by atoms with van der Waals surface area (Å²) in [5, 5.41) is 11.9. The first kappa shape index (κ1) is 18.9. The van der Waals surface area contributed by atoms with E-state index >= 15 is 0 Å². The maximum absolute atomic E-state index is 4.41. The highest BCUT2D eigenvalue weighted by Gasteiger charge is 2.20. The summed E-state index contributed by atoms with van der Waals surface area (Å²) in [6.07, 6.45) is 5.54. The Morgan fingerprint density at radius 3 is 2.79 bits per heavy atom. The molecule has 0 saturated carbocycles. The van der Waals surface area contributed by atoms with Crippen LogP contribution in [0.25, 0.3) is 10.9 Å². The summed E-state index contributed by atoms with van der Waals surface area (Å²) in [4.78, 5) is 6.90. The fourth-order valence-corrected chi connectivity index (χ4v) is 4.66. The highest BCUT2D eigenvalue weighted by atomic mass is 32.1. The first-order chi connectivity index (χ1) is 13.8. The number of hydrogen-bond donors (Lipinski definition) is 2. The summed E-state index contributed by atoms with van der Waals surface area (Å²) in [5.74, 6) is 0.923. The van der Waals surface area contributed by atoms with Crippen molar-refractivity contribution in [2.75, 3.05) is 31.6 Å². The second kappa shape index (κ2) is 9.15. The first-order valence-corrected chi connectivity index (χ1v) is 11.0. The lowest BCUT2D eigenvalue weighted by Crippen LogP contribution is -2.48. The summed E-state index contributed by atoms with van der Waals surface area (Å²) >= 11 is 1.83. The molecule has 5 nitrogen and oxygen atoms in total. The number of nitrogens with one attached hydrogen (secondary N) is 2. The van der Waals surface area contributed by atoms with E-state index in [1.807, 2.05) is 18.4 Å². The number of fused-ring (bicyclic) bond motifs is 1. The number of rotatable bonds is 6. The largest absolute Gasteiger partial charge is 0.363 e. The Kier molecular flexibility index (Phi) is 6.17. The maximum atomic E-state index is 4.41. The molecule has 148 valence electrons. The second-order valence-electron chi connectivity index (χ2n) is 7.28. The van der Waals surface area contributed by atoms with Crippen molar-refractivity contribution in [3.63, 3.8) is 0 Å². The monoisotopic (exact) mass is 395 g/mol. The van der Waals surface area contributed by atoms with Crippen molar-refractivity contribution in [2.24, 2.45) is 4.99 Å². The molecule has 3 heterocycles. The van der Waals surface area contributed by atoms with Crippen molar-refractivity contribution in [2.45, 2.75) is 31.8 Å². The number of anilines is 1. The van der Waals surface area contributed by atoms with Crippen molar-refractivity contribution in [1.82, 2.24) is 15.2 Å². The molecule has 1 fully saturated rings. The van der Waals surface area contributed by atoms with Crippen LogP contribution in [0, 0.1) is 0 Å². The van der Waals surface area contributed by atoms with Crippen LogP contribution in [0.4, 0.5) is 5.00 Å². The number of guanidine groups is 1. The van der Waals surface area contributed by atoms with Gasteiger partial charge in [0.2, 0.25) is 0 Å². The van der Waals surface area contributed by atoms with E-state index in [0.717, 1.165) is 51.4 Å². The zero-order valence-electron chi connectivity index (χ0n) is 16.5. The molecule has 3 aromatic rings. The number of aliphatic imine (C=N–C) groups is 1. The van der Waals surface area contributed by atoms with Gasteiger partial charge >= 0.3 is 0 Å². The lowest BCUT2D eigenvalue weighted by Gasteiger charge is -2.33. The molecule has 28 heavy (non-hydrogen) atoms. The van der Waals surface area contributed by atoms with Crippen LogP contribution in [0.1, 0.15) is 19.3 Å². The van der Waals surface area contributed by atoms with E-state index < -0.39 is 0 Å². The lowest BCUT2D eigenvalue weighted by atomic mass is 10.1. The standard InChI is InChI=1S/C22H29N5S/c1-23-22(25-19-10-15-27(16-11-19)21-8-4-17-28-21)24-12-5-13-26-14-9-18-6-2-3-7-20(18)26/h2-4,6-9,14,17,19H,5,10-13,15-16H2,1H3,(H2,23,24,25). The van der Waals surface area contributed by atoms with Crippen LogP contribution >= 0.6 is 11.3 Å². The van der Waals surface area contributed by atoms with E-state index in [2.05, 4.69) is 79.1 Å². The summed E-state index contributed by atoms with van der Waals surface area (Å²) in [5.41, 5.74) is 1.31. The van der Waals surface area contributed by atoms with Gasteiger partial charge in [-0.05, 0) is 54.3 Å². The first-order valence-electron chi connectivity index (χ1n) is 10.1. The zero-order chi connectivity index (χ0) is 19.2. The fraction of sp³-hybridized carbons (Fsp3) is 0.409. The van der Waals surface area contributed by atoms with Crippen LogP contribution in [0.3, 0.4) is 0 Å². The fourth-order valence-electron chi connectivity index (χ4n) is 3.87. The van der Waals surface area contributed by atoms with Crippen LogP contribution in [0.2, 0.25) is 0 Å². The molecule has 1 aromatic carbocycles. The normalized spacial score (nSPS) is 15.9. The Balaban J connectivity index is 1.19. The molecule has 1 aliphatic rings. The van der Waals surface area contributed by atoms with Crippen LogP contribution < -0.4 is 15.5 Å². The average molecular weight is 396 g/mol. The Hall–Kier alpha value is -2.47. The van der Waals surface area contributed by atoms with Gasteiger partial charge in [0.15, 0.2) is 5.96 Å². The molecule has 0 aliphatic carbocycles.